The van der Waals surface area contributed by atoms with Gasteiger partial charge in [0.2, 0.25) is 5.95 Å². The van der Waals surface area contributed by atoms with Gasteiger partial charge >= 0.3 is 0 Å². The van der Waals surface area contributed by atoms with Crippen LogP contribution in [0.1, 0.15) is 25.7 Å². The lowest BCUT2D eigenvalue weighted by Gasteiger charge is -2.37. The van der Waals surface area contributed by atoms with Crippen LogP contribution in [-0.4, -0.2) is 44.5 Å². The number of nitrogens with zero attached hydrogens (tertiary/aromatic N) is 2. The van der Waals surface area contributed by atoms with Gasteiger partial charge in [-0.3, -0.25) is 4.72 Å². The summed E-state index contributed by atoms with van der Waals surface area (Å²) in [6.07, 6.45) is 4.11. The molecular formula is C19H23ClF2N4O2S. The highest BCUT2D eigenvalue weighted by Gasteiger charge is 2.28. The summed E-state index contributed by atoms with van der Waals surface area (Å²) in [6.45, 7) is 0. The maximum absolute atomic E-state index is 14.7. The van der Waals surface area contributed by atoms with Gasteiger partial charge in [0.25, 0.3) is 10.0 Å². The summed E-state index contributed by atoms with van der Waals surface area (Å²) >= 11 is 6.27. The number of halogens is 3. The molecule has 2 aromatic rings. The molecule has 1 heterocycles. The van der Waals surface area contributed by atoms with Crippen LogP contribution in [0.5, 0.6) is 0 Å². The van der Waals surface area contributed by atoms with Gasteiger partial charge < -0.3 is 10.2 Å². The van der Waals surface area contributed by atoms with Crippen LogP contribution >= 0.6 is 11.6 Å². The number of anilines is 2. The zero-order valence-corrected chi connectivity index (χ0v) is 17.7. The van der Waals surface area contributed by atoms with Crippen molar-refractivity contribution in [3.05, 3.63) is 47.1 Å². The maximum Gasteiger partial charge on any atom is 0.266 e. The summed E-state index contributed by atoms with van der Waals surface area (Å²) in [5, 5.41) is 3.35. The van der Waals surface area contributed by atoms with E-state index < -0.39 is 26.7 Å². The fourth-order valence-electron chi connectivity index (χ4n) is 3.60. The van der Waals surface area contributed by atoms with E-state index in [0.717, 1.165) is 43.9 Å². The minimum Gasteiger partial charge on any atom is -0.379 e. The summed E-state index contributed by atoms with van der Waals surface area (Å²) in [7, 11) is -0.343. The first-order chi connectivity index (χ1) is 13.7. The first kappa shape index (κ1) is 21.7. The Morgan fingerprint density at radius 3 is 2.59 bits per heavy atom. The molecule has 1 saturated carbocycles. The molecule has 2 atom stereocenters. The highest BCUT2D eigenvalue weighted by atomic mass is 35.5. The number of aromatic nitrogens is 1. The average Bonchev–Trinajstić information content (AvgIpc) is 2.64. The van der Waals surface area contributed by atoms with Gasteiger partial charge in [0.05, 0.1) is 10.7 Å². The van der Waals surface area contributed by atoms with E-state index in [1.165, 1.54) is 12.1 Å². The Morgan fingerprint density at radius 2 is 1.90 bits per heavy atom. The average molecular weight is 445 g/mol. The molecule has 1 aliphatic rings. The van der Waals surface area contributed by atoms with Crippen molar-refractivity contribution in [3.63, 3.8) is 0 Å². The van der Waals surface area contributed by atoms with E-state index in [9.17, 15) is 17.2 Å². The third-order valence-corrected chi connectivity index (χ3v) is 6.68. The van der Waals surface area contributed by atoms with E-state index in [4.69, 9.17) is 11.6 Å². The first-order valence-electron chi connectivity index (χ1n) is 9.25. The van der Waals surface area contributed by atoms with Crippen molar-refractivity contribution in [1.82, 2.24) is 9.88 Å². The van der Waals surface area contributed by atoms with Crippen LogP contribution in [0.2, 0.25) is 5.02 Å². The number of pyridine rings is 1. The molecule has 1 aromatic heterocycles. The molecule has 0 radical (unpaired) electrons. The van der Waals surface area contributed by atoms with Crippen molar-refractivity contribution in [2.24, 2.45) is 0 Å². The lowest BCUT2D eigenvalue weighted by Crippen LogP contribution is -2.45. The normalized spacial score (nSPS) is 19.9. The molecule has 0 aliphatic heterocycles. The fourth-order valence-corrected chi connectivity index (χ4v) is 4.97. The van der Waals surface area contributed by atoms with Crippen LogP contribution in [-0.2, 0) is 10.0 Å². The molecule has 0 amide bonds. The molecule has 3 rings (SSSR count). The Hall–Kier alpha value is -1.97. The summed E-state index contributed by atoms with van der Waals surface area (Å²) in [5.41, 5.74) is 0.339. The minimum atomic E-state index is -4.33. The molecule has 10 heteroatoms. The summed E-state index contributed by atoms with van der Waals surface area (Å²) in [4.78, 5) is 4.91. The van der Waals surface area contributed by atoms with Crippen LogP contribution in [0, 0.1) is 11.8 Å². The standard InChI is InChI=1S/C19H23ClF2N4O2S/c1-26(2)16-7-4-3-6-14(16)23-15-11-13(21)17(10-12(15)20)29(27,28)25-19-9-5-8-18(22)24-19/h5,8-11,14,16,23H,3-4,6-7H2,1-2H3,(H,24,25)/t14-,16-/m0/s1. The van der Waals surface area contributed by atoms with Gasteiger partial charge in [-0.1, -0.05) is 30.5 Å². The topological polar surface area (TPSA) is 74.3 Å². The second-order valence-electron chi connectivity index (χ2n) is 7.28. The zero-order valence-electron chi connectivity index (χ0n) is 16.1. The van der Waals surface area contributed by atoms with Gasteiger partial charge in [-0.25, -0.2) is 17.8 Å². The number of likely N-dealkylation sites (N-methyl/N-ethyl adjacent to an activating group) is 1. The number of benzene rings is 1. The van der Waals surface area contributed by atoms with Crippen LogP contribution in [0.4, 0.5) is 20.3 Å². The molecule has 1 fully saturated rings. The van der Waals surface area contributed by atoms with E-state index in [0.29, 0.717) is 5.69 Å². The Balaban J connectivity index is 1.85. The minimum absolute atomic E-state index is 0.0766. The van der Waals surface area contributed by atoms with E-state index in [2.05, 4.69) is 19.9 Å². The SMILES string of the molecule is CN(C)[C@H]1CCCC[C@@H]1Nc1cc(F)c(S(=O)(=O)Nc2cccc(F)n2)cc1Cl. The molecule has 6 nitrogen and oxygen atoms in total. The van der Waals surface area contributed by atoms with Gasteiger partial charge in [0, 0.05) is 12.1 Å². The van der Waals surface area contributed by atoms with Crippen LogP contribution in [0.3, 0.4) is 0 Å². The van der Waals surface area contributed by atoms with E-state index in [-0.39, 0.29) is 22.9 Å². The van der Waals surface area contributed by atoms with Crippen molar-refractivity contribution in [3.8, 4) is 0 Å². The quantitative estimate of drug-likeness (QED) is 0.656. The van der Waals surface area contributed by atoms with Crippen molar-refractivity contribution in [1.29, 1.82) is 0 Å². The van der Waals surface area contributed by atoms with Gasteiger partial charge in [-0.2, -0.15) is 4.39 Å². The molecule has 2 N–H and O–H groups in total. The van der Waals surface area contributed by atoms with Gasteiger partial charge in [-0.05, 0) is 51.2 Å². The second-order valence-corrected chi connectivity index (χ2v) is 9.34. The van der Waals surface area contributed by atoms with Crippen molar-refractivity contribution >= 4 is 33.1 Å². The molecular weight excluding hydrogens is 422 g/mol. The van der Waals surface area contributed by atoms with Gasteiger partial charge in [0.15, 0.2) is 0 Å². The lowest BCUT2D eigenvalue weighted by molar-refractivity contribution is 0.211. The molecule has 1 aliphatic carbocycles. The number of sulfonamides is 1. The number of nitrogens with one attached hydrogen (secondary N) is 2. The number of hydrogen-bond donors (Lipinski definition) is 2. The first-order valence-corrected chi connectivity index (χ1v) is 11.1. The predicted molar refractivity (Wildman–Crippen MR) is 110 cm³/mol. The zero-order chi connectivity index (χ0) is 21.2. The van der Waals surface area contributed by atoms with Crippen LogP contribution in [0.25, 0.3) is 0 Å². The molecule has 1 aromatic carbocycles. The molecule has 0 saturated heterocycles. The van der Waals surface area contributed by atoms with E-state index >= 15 is 0 Å². The third kappa shape index (κ3) is 5.15. The molecule has 0 bridgehead atoms. The van der Waals surface area contributed by atoms with Crippen molar-refractivity contribution in [2.45, 2.75) is 42.7 Å². The maximum atomic E-state index is 14.7. The van der Waals surface area contributed by atoms with Crippen molar-refractivity contribution < 1.29 is 17.2 Å². The molecule has 0 unspecified atom stereocenters. The molecule has 0 spiro atoms. The molecule has 158 valence electrons. The number of rotatable bonds is 6. The van der Waals surface area contributed by atoms with Crippen molar-refractivity contribution in [2.75, 3.05) is 24.1 Å². The van der Waals surface area contributed by atoms with Gasteiger partial charge in [-0.15, -0.1) is 0 Å². The highest BCUT2D eigenvalue weighted by Crippen LogP contribution is 2.32. The summed E-state index contributed by atoms with van der Waals surface area (Å²) < 4.78 is 55.0. The Bertz CT molecular complexity index is 988. The van der Waals surface area contributed by atoms with Gasteiger partial charge in [0.1, 0.15) is 16.5 Å². The van der Waals surface area contributed by atoms with E-state index in [1.54, 1.807) is 0 Å². The smallest absolute Gasteiger partial charge is 0.266 e. The third-order valence-electron chi connectivity index (χ3n) is 5.00. The van der Waals surface area contributed by atoms with Crippen LogP contribution in [0.15, 0.2) is 35.2 Å². The Labute approximate surface area is 174 Å². The summed E-state index contributed by atoms with van der Waals surface area (Å²) in [6, 6.07) is 6.11. The predicted octanol–water partition coefficient (Wildman–Crippen LogP) is 4.10. The lowest BCUT2D eigenvalue weighted by atomic mass is 9.89. The number of hydrogen-bond acceptors (Lipinski definition) is 5. The Kier molecular flexibility index (Phi) is 6.60. The largest absolute Gasteiger partial charge is 0.379 e. The summed E-state index contributed by atoms with van der Waals surface area (Å²) in [5.74, 6) is -2.07. The fraction of sp³-hybridized carbons (Fsp3) is 0.421. The van der Waals surface area contributed by atoms with Crippen LogP contribution < -0.4 is 10.0 Å². The van der Waals surface area contributed by atoms with E-state index in [1.807, 2.05) is 14.1 Å². The second kappa shape index (κ2) is 8.81. The highest BCUT2D eigenvalue weighted by molar-refractivity contribution is 7.92. The monoisotopic (exact) mass is 444 g/mol. The molecule has 29 heavy (non-hydrogen) atoms. The Morgan fingerprint density at radius 1 is 1.17 bits per heavy atom.